The van der Waals surface area contributed by atoms with E-state index in [1.165, 1.54) is 23.9 Å². The predicted octanol–water partition coefficient (Wildman–Crippen LogP) is 4.91. The molecule has 0 aromatic heterocycles. The average Bonchev–Trinajstić information content (AvgIpc) is 2.84. The lowest BCUT2D eigenvalue weighted by Crippen LogP contribution is -2.27. The van der Waals surface area contributed by atoms with Gasteiger partial charge >= 0.3 is 0 Å². The standard InChI is InChI=1S/C15H10Cl2FNOS/c16-12-5-4-11(7-13(12)17)19-14(20)8-21-15(19)9-2-1-3-10(18)6-9/h1-7,15H,8H2/t15-/m1/s1. The summed E-state index contributed by atoms with van der Waals surface area (Å²) < 4.78 is 13.4. The number of amides is 1. The van der Waals surface area contributed by atoms with Crippen LogP contribution in [0, 0.1) is 5.82 Å². The summed E-state index contributed by atoms with van der Waals surface area (Å²) in [7, 11) is 0. The van der Waals surface area contributed by atoms with Crippen LogP contribution in [0.1, 0.15) is 10.9 Å². The van der Waals surface area contributed by atoms with Crippen molar-refractivity contribution in [3.8, 4) is 0 Å². The molecule has 0 bridgehead atoms. The molecule has 1 atom stereocenters. The number of hydrogen-bond acceptors (Lipinski definition) is 2. The third-order valence-electron chi connectivity index (χ3n) is 3.18. The number of anilines is 1. The molecule has 1 fully saturated rings. The summed E-state index contributed by atoms with van der Waals surface area (Å²) in [4.78, 5) is 13.8. The predicted molar refractivity (Wildman–Crippen MR) is 85.5 cm³/mol. The van der Waals surface area contributed by atoms with Crippen molar-refractivity contribution >= 4 is 46.6 Å². The maximum absolute atomic E-state index is 13.4. The highest BCUT2D eigenvalue weighted by molar-refractivity contribution is 8.00. The van der Waals surface area contributed by atoms with Gasteiger partial charge in [-0.2, -0.15) is 0 Å². The first-order valence-corrected chi connectivity index (χ1v) is 8.01. The first-order valence-electron chi connectivity index (χ1n) is 6.20. The lowest BCUT2D eigenvalue weighted by atomic mass is 10.2. The van der Waals surface area contributed by atoms with Crippen LogP contribution in [-0.2, 0) is 4.79 Å². The molecule has 1 amide bonds. The topological polar surface area (TPSA) is 20.3 Å². The zero-order valence-electron chi connectivity index (χ0n) is 10.7. The van der Waals surface area contributed by atoms with Gasteiger partial charge in [0.2, 0.25) is 5.91 Å². The third kappa shape index (κ3) is 2.89. The van der Waals surface area contributed by atoms with Crippen molar-refractivity contribution in [3.63, 3.8) is 0 Å². The Kier molecular flexibility index (Phi) is 4.11. The summed E-state index contributed by atoms with van der Waals surface area (Å²) in [6.45, 7) is 0. The van der Waals surface area contributed by atoms with Crippen molar-refractivity contribution in [1.29, 1.82) is 0 Å². The molecule has 3 rings (SSSR count). The molecule has 2 aromatic carbocycles. The van der Waals surface area contributed by atoms with Crippen molar-refractivity contribution < 1.29 is 9.18 Å². The van der Waals surface area contributed by atoms with Crippen LogP contribution in [0.3, 0.4) is 0 Å². The Bertz CT molecular complexity index is 710. The monoisotopic (exact) mass is 341 g/mol. The van der Waals surface area contributed by atoms with E-state index in [-0.39, 0.29) is 17.1 Å². The fraction of sp³-hybridized carbons (Fsp3) is 0.133. The molecule has 0 saturated carbocycles. The van der Waals surface area contributed by atoms with E-state index in [2.05, 4.69) is 0 Å². The van der Waals surface area contributed by atoms with Gasteiger partial charge in [-0.3, -0.25) is 9.69 Å². The molecule has 2 aromatic rings. The van der Waals surface area contributed by atoms with E-state index in [0.717, 1.165) is 5.56 Å². The molecule has 0 N–H and O–H groups in total. The summed E-state index contributed by atoms with van der Waals surface area (Å²) >= 11 is 13.4. The van der Waals surface area contributed by atoms with Crippen LogP contribution in [0.15, 0.2) is 42.5 Å². The molecule has 1 aliphatic rings. The molecule has 1 saturated heterocycles. The number of nitrogens with zero attached hydrogens (tertiary/aromatic N) is 1. The molecule has 0 spiro atoms. The van der Waals surface area contributed by atoms with Gasteiger partial charge in [-0.15, -0.1) is 11.8 Å². The number of halogens is 3. The van der Waals surface area contributed by atoms with Gasteiger partial charge in [0.15, 0.2) is 0 Å². The highest BCUT2D eigenvalue weighted by Crippen LogP contribution is 2.42. The van der Waals surface area contributed by atoms with E-state index in [1.54, 1.807) is 29.2 Å². The van der Waals surface area contributed by atoms with E-state index in [4.69, 9.17) is 23.2 Å². The number of benzene rings is 2. The zero-order chi connectivity index (χ0) is 15.0. The van der Waals surface area contributed by atoms with Crippen LogP contribution in [0.4, 0.5) is 10.1 Å². The van der Waals surface area contributed by atoms with Crippen LogP contribution in [0.5, 0.6) is 0 Å². The van der Waals surface area contributed by atoms with Gasteiger partial charge < -0.3 is 0 Å². The van der Waals surface area contributed by atoms with Crippen molar-refractivity contribution in [2.24, 2.45) is 0 Å². The molecule has 1 heterocycles. The van der Waals surface area contributed by atoms with Crippen LogP contribution in [0.25, 0.3) is 0 Å². The quantitative estimate of drug-likeness (QED) is 0.773. The summed E-state index contributed by atoms with van der Waals surface area (Å²) in [5.41, 5.74) is 1.41. The van der Waals surface area contributed by atoms with Gasteiger partial charge in [0.1, 0.15) is 11.2 Å². The van der Waals surface area contributed by atoms with Crippen molar-refractivity contribution in [2.75, 3.05) is 10.7 Å². The minimum Gasteiger partial charge on any atom is -0.295 e. The van der Waals surface area contributed by atoms with E-state index in [9.17, 15) is 9.18 Å². The maximum Gasteiger partial charge on any atom is 0.238 e. The van der Waals surface area contributed by atoms with Crippen molar-refractivity contribution in [1.82, 2.24) is 0 Å². The summed E-state index contributed by atoms with van der Waals surface area (Å²) in [5.74, 6) is -0.00397. The SMILES string of the molecule is O=C1CS[C@H](c2cccc(F)c2)N1c1ccc(Cl)c(Cl)c1. The van der Waals surface area contributed by atoms with Crippen molar-refractivity contribution in [3.05, 3.63) is 63.9 Å². The lowest BCUT2D eigenvalue weighted by Gasteiger charge is -2.24. The molecule has 0 aliphatic carbocycles. The molecule has 0 unspecified atom stereocenters. The van der Waals surface area contributed by atoms with Crippen LogP contribution in [0.2, 0.25) is 10.0 Å². The Labute approximate surface area is 135 Å². The number of hydrogen-bond donors (Lipinski definition) is 0. The van der Waals surface area contributed by atoms with Gasteiger partial charge in [-0.05, 0) is 35.9 Å². The average molecular weight is 342 g/mol. The molecule has 0 radical (unpaired) electrons. The normalized spacial score (nSPS) is 18.3. The second kappa shape index (κ2) is 5.87. The highest BCUT2D eigenvalue weighted by atomic mass is 35.5. The first kappa shape index (κ1) is 14.7. The Hall–Kier alpha value is -1.23. The number of thioether (sulfide) groups is 1. The minimum absolute atomic E-state index is 0.0346. The smallest absolute Gasteiger partial charge is 0.238 e. The Morgan fingerprint density at radius 1 is 1.14 bits per heavy atom. The van der Waals surface area contributed by atoms with E-state index in [1.807, 2.05) is 6.07 Å². The fourth-order valence-corrected chi connectivity index (χ4v) is 3.70. The highest BCUT2D eigenvalue weighted by Gasteiger charge is 2.34. The van der Waals surface area contributed by atoms with Crippen LogP contribution >= 0.6 is 35.0 Å². The molecule has 108 valence electrons. The number of rotatable bonds is 2. The maximum atomic E-state index is 13.4. The lowest BCUT2D eigenvalue weighted by molar-refractivity contribution is -0.115. The fourth-order valence-electron chi connectivity index (χ4n) is 2.24. The van der Waals surface area contributed by atoms with Gasteiger partial charge in [0, 0.05) is 5.69 Å². The van der Waals surface area contributed by atoms with Gasteiger partial charge in [-0.1, -0.05) is 35.3 Å². The van der Waals surface area contributed by atoms with Crippen LogP contribution < -0.4 is 4.90 Å². The molecular formula is C15H10Cl2FNOS. The second-order valence-electron chi connectivity index (χ2n) is 4.58. The largest absolute Gasteiger partial charge is 0.295 e. The third-order valence-corrected chi connectivity index (χ3v) is 5.13. The summed E-state index contributed by atoms with van der Waals surface area (Å²) in [5, 5.41) is 0.560. The molecule has 21 heavy (non-hydrogen) atoms. The molecule has 2 nitrogen and oxygen atoms in total. The second-order valence-corrected chi connectivity index (χ2v) is 6.46. The Morgan fingerprint density at radius 3 is 2.67 bits per heavy atom. The number of carbonyl (C=O) groups is 1. The van der Waals surface area contributed by atoms with E-state index in [0.29, 0.717) is 21.5 Å². The Balaban J connectivity index is 2.01. The van der Waals surface area contributed by atoms with E-state index < -0.39 is 0 Å². The van der Waals surface area contributed by atoms with Gasteiger partial charge in [0.05, 0.1) is 15.8 Å². The van der Waals surface area contributed by atoms with Crippen LogP contribution in [-0.4, -0.2) is 11.7 Å². The summed E-state index contributed by atoms with van der Waals surface area (Å²) in [6, 6.07) is 11.3. The van der Waals surface area contributed by atoms with Gasteiger partial charge in [-0.25, -0.2) is 4.39 Å². The van der Waals surface area contributed by atoms with E-state index >= 15 is 0 Å². The van der Waals surface area contributed by atoms with Crippen molar-refractivity contribution in [2.45, 2.75) is 5.37 Å². The zero-order valence-corrected chi connectivity index (χ0v) is 13.1. The molecule has 6 heteroatoms. The summed E-state index contributed by atoms with van der Waals surface area (Å²) in [6.07, 6.45) is 0. The number of carbonyl (C=O) groups excluding carboxylic acids is 1. The molecular weight excluding hydrogens is 332 g/mol. The molecule has 1 aliphatic heterocycles. The minimum atomic E-state index is -0.318. The van der Waals surface area contributed by atoms with Gasteiger partial charge in [0.25, 0.3) is 0 Å². The Morgan fingerprint density at radius 2 is 1.95 bits per heavy atom. The first-order chi connectivity index (χ1) is 10.1.